The van der Waals surface area contributed by atoms with Crippen LogP contribution in [0, 0.1) is 0 Å². The van der Waals surface area contributed by atoms with Crippen molar-refractivity contribution in [2.45, 2.75) is 6.54 Å². The van der Waals surface area contributed by atoms with Crippen LogP contribution in [0.2, 0.25) is 5.02 Å². The number of aliphatic hydroxyl groups is 1. The average Bonchev–Trinajstić information content (AvgIpc) is 3.26. The maximum Gasteiger partial charge on any atom is 0.276 e. The zero-order valence-electron chi connectivity index (χ0n) is 18.3. The molecule has 1 amide bonds. The number of nitrogens with zero attached hydrogens (tertiary/aromatic N) is 5. The molecule has 0 aliphatic rings. The highest BCUT2D eigenvalue weighted by atomic mass is 79.9. The van der Waals surface area contributed by atoms with Crippen molar-refractivity contribution in [3.63, 3.8) is 0 Å². The number of pyridine rings is 2. The fourth-order valence-corrected chi connectivity index (χ4v) is 3.86. The van der Waals surface area contributed by atoms with Crippen molar-refractivity contribution in [3.8, 4) is 11.3 Å². The minimum absolute atomic E-state index is 0. The summed E-state index contributed by atoms with van der Waals surface area (Å²) in [5.74, 6) is -0.499. The Labute approximate surface area is 215 Å². The first-order chi connectivity index (χ1) is 16.6. The van der Waals surface area contributed by atoms with Crippen LogP contribution < -0.4 is 5.48 Å². The van der Waals surface area contributed by atoms with Crippen LogP contribution in [0.15, 0.2) is 66.9 Å². The molecular formula is C24H20BrClN6O3. The van der Waals surface area contributed by atoms with Gasteiger partial charge in [0, 0.05) is 17.1 Å². The van der Waals surface area contributed by atoms with E-state index >= 15 is 0 Å². The van der Waals surface area contributed by atoms with Gasteiger partial charge in [-0.1, -0.05) is 35.0 Å². The fraction of sp³-hybridized carbons (Fsp3) is 0.125. The zero-order valence-corrected chi connectivity index (χ0v) is 20.7. The summed E-state index contributed by atoms with van der Waals surface area (Å²) in [6.45, 7) is 0.291. The number of fused-ring (bicyclic) bond motifs is 2. The van der Waals surface area contributed by atoms with Crippen molar-refractivity contribution in [1.82, 2.24) is 30.4 Å². The van der Waals surface area contributed by atoms with Gasteiger partial charge in [0.05, 0.1) is 41.6 Å². The molecule has 0 saturated carbocycles. The van der Waals surface area contributed by atoms with Crippen LogP contribution in [0.1, 0.15) is 15.9 Å². The minimum Gasteiger partial charge on any atom is -0.394 e. The Hall–Kier alpha value is -3.44. The van der Waals surface area contributed by atoms with Crippen LogP contribution >= 0.6 is 28.6 Å². The summed E-state index contributed by atoms with van der Waals surface area (Å²) in [5, 5.41) is 18.6. The molecule has 0 spiro atoms. The molecule has 35 heavy (non-hydrogen) atoms. The van der Waals surface area contributed by atoms with E-state index in [1.54, 1.807) is 29.1 Å². The number of benzene rings is 2. The maximum atomic E-state index is 12.2. The number of nitrogens with one attached hydrogen (secondary N) is 1. The van der Waals surface area contributed by atoms with Crippen molar-refractivity contribution in [2.24, 2.45) is 0 Å². The lowest BCUT2D eigenvalue weighted by atomic mass is 10.1. The number of hydrogen-bond acceptors (Lipinski definition) is 7. The van der Waals surface area contributed by atoms with Crippen LogP contribution in [0.4, 0.5) is 0 Å². The van der Waals surface area contributed by atoms with Crippen LogP contribution in [0.25, 0.3) is 33.3 Å². The Balaban J connectivity index is 0.00000289. The monoisotopic (exact) mass is 554 g/mol. The summed E-state index contributed by atoms with van der Waals surface area (Å²) >= 11 is 6.34. The molecule has 0 bridgehead atoms. The zero-order chi connectivity index (χ0) is 23.5. The maximum absolute atomic E-state index is 12.2. The predicted molar refractivity (Wildman–Crippen MR) is 137 cm³/mol. The normalized spacial score (nSPS) is 10.9. The second-order valence-electron chi connectivity index (χ2n) is 7.51. The summed E-state index contributed by atoms with van der Waals surface area (Å²) < 4.78 is 1.75. The van der Waals surface area contributed by atoms with Crippen LogP contribution in [-0.2, 0) is 11.4 Å². The number of aliphatic hydroxyl groups excluding tert-OH is 1. The summed E-state index contributed by atoms with van der Waals surface area (Å²) in [6, 6.07) is 18.7. The lowest BCUT2D eigenvalue weighted by molar-refractivity contribution is 0.0168. The summed E-state index contributed by atoms with van der Waals surface area (Å²) in [6.07, 6.45) is 1.77. The number of aromatic nitrogens is 5. The largest absolute Gasteiger partial charge is 0.394 e. The quantitative estimate of drug-likeness (QED) is 0.231. The van der Waals surface area contributed by atoms with E-state index in [1.165, 1.54) is 0 Å². The standard InChI is InChI=1S/C24H19ClN6O3.BrH/c25-19-13-17(4-5-18(19)24(33)29-34-11-10-32)21-7-8-22-23(27-21)31(30-28-22)14-15-3-6-20-16(12-15)2-1-9-26-20;/h1-9,12-13,32H,10-11,14H2,(H,29,33);1H. The molecule has 0 saturated heterocycles. The van der Waals surface area contributed by atoms with Crippen LogP contribution in [0.3, 0.4) is 0 Å². The molecule has 5 rings (SSSR count). The molecule has 0 aliphatic carbocycles. The highest BCUT2D eigenvalue weighted by Gasteiger charge is 2.14. The number of rotatable bonds is 7. The van der Waals surface area contributed by atoms with Gasteiger partial charge in [0.2, 0.25) is 0 Å². The van der Waals surface area contributed by atoms with Gasteiger partial charge in [0.25, 0.3) is 5.91 Å². The Bertz CT molecular complexity index is 1510. The third-order valence-corrected chi connectivity index (χ3v) is 5.54. The SMILES string of the molecule is Br.O=C(NOCCO)c1ccc(-c2ccc3nnn(Cc4ccc5ncccc5c4)c3n2)cc1Cl. The van der Waals surface area contributed by atoms with Gasteiger partial charge in [-0.3, -0.25) is 14.6 Å². The summed E-state index contributed by atoms with van der Waals surface area (Å²) in [5.41, 5.74) is 7.21. The van der Waals surface area contributed by atoms with Gasteiger partial charge in [-0.15, -0.1) is 22.1 Å². The van der Waals surface area contributed by atoms with Gasteiger partial charge >= 0.3 is 0 Å². The van der Waals surface area contributed by atoms with Gasteiger partial charge in [-0.2, -0.15) is 0 Å². The predicted octanol–water partition coefficient (Wildman–Crippen LogP) is 3.97. The Morgan fingerprint density at radius 3 is 2.77 bits per heavy atom. The van der Waals surface area contributed by atoms with Gasteiger partial charge in [0.1, 0.15) is 5.52 Å². The Kier molecular flexibility index (Phi) is 7.67. The van der Waals surface area contributed by atoms with Gasteiger partial charge in [0.15, 0.2) is 5.65 Å². The van der Waals surface area contributed by atoms with E-state index in [9.17, 15) is 4.79 Å². The van der Waals surface area contributed by atoms with Gasteiger partial charge in [-0.25, -0.2) is 15.1 Å². The van der Waals surface area contributed by atoms with Crippen LogP contribution in [-0.4, -0.2) is 49.2 Å². The second-order valence-corrected chi connectivity index (χ2v) is 7.92. The molecule has 0 fully saturated rings. The summed E-state index contributed by atoms with van der Waals surface area (Å²) in [4.78, 5) is 26.2. The molecule has 178 valence electrons. The molecule has 9 nitrogen and oxygen atoms in total. The van der Waals surface area contributed by atoms with Gasteiger partial charge < -0.3 is 5.11 Å². The molecule has 11 heteroatoms. The molecule has 0 unspecified atom stereocenters. The van der Waals surface area contributed by atoms with E-state index in [2.05, 4.69) is 26.8 Å². The van der Waals surface area contributed by atoms with E-state index in [0.717, 1.165) is 22.0 Å². The molecule has 2 N–H and O–H groups in total. The molecular weight excluding hydrogens is 536 g/mol. The van der Waals surface area contributed by atoms with Gasteiger partial charge in [-0.05, 0) is 48.0 Å². The summed E-state index contributed by atoms with van der Waals surface area (Å²) in [7, 11) is 0. The minimum atomic E-state index is -0.499. The smallest absolute Gasteiger partial charge is 0.276 e. The van der Waals surface area contributed by atoms with Crippen molar-refractivity contribution in [3.05, 3.63) is 83.0 Å². The van der Waals surface area contributed by atoms with Crippen molar-refractivity contribution < 1.29 is 14.7 Å². The topological polar surface area (TPSA) is 115 Å². The Morgan fingerprint density at radius 2 is 1.94 bits per heavy atom. The number of halogens is 2. The third kappa shape index (κ3) is 5.30. The van der Waals surface area contributed by atoms with E-state index in [4.69, 9.17) is 26.5 Å². The number of carbonyl (C=O) groups excluding carboxylic acids is 1. The molecule has 0 atom stereocenters. The van der Waals surface area contributed by atoms with E-state index in [1.807, 2.05) is 36.4 Å². The Morgan fingerprint density at radius 1 is 1.09 bits per heavy atom. The number of amides is 1. The lowest BCUT2D eigenvalue weighted by Crippen LogP contribution is -2.25. The van der Waals surface area contributed by atoms with Crippen LogP contribution in [0.5, 0.6) is 0 Å². The molecule has 2 aromatic carbocycles. The van der Waals surface area contributed by atoms with Crippen molar-refractivity contribution in [2.75, 3.05) is 13.2 Å². The highest BCUT2D eigenvalue weighted by Crippen LogP contribution is 2.26. The number of hydroxylamine groups is 1. The van der Waals surface area contributed by atoms with Crippen molar-refractivity contribution in [1.29, 1.82) is 0 Å². The number of carbonyl (C=O) groups is 1. The molecule has 3 aromatic heterocycles. The number of hydrogen-bond donors (Lipinski definition) is 2. The lowest BCUT2D eigenvalue weighted by Gasteiger charge is -2.08. The van der Waals surface area contributed by atoms with E-state index < -0.39 is 5.91 Å². The van der Waals surface area contributed by atoms with E-state index in [-0.39, 0.29) is 40.8 Å². The fourth-order valence-electron chi connectivity index (χ4n) is 3.59. The molecule has 3 heterocycles. The third-order valence-electron chi connectivity index (χ3n) is 5.23. The first-order valence-electron chi connectivity index (χ1n) is 10.5. The average molecular weight is 556 g/mol. The second kappa shape index (κ2) is 10.9. The molecule has 0 radical (unpaired) electrons. The first kappa shape index (κ1) is 24.7. The molecule has 0 aliphatic heterocycles. The highest BCUT2D eigenvalue weighted by molar-refractivity contribution is 8.93. The van der Waals surface area contributed by atoms with Crippen molar-refractivity contribution >= 4 is 56.6 Å². The first-order valence-corrected chi connectivity index (χ1v) is 10.9. The molecule has 5 aromatic rings. The van der Waals surface area contributed by atoms with E-state index in [0.29, 0.717) is 23.4 Å².